The van der Waals surface area contributed by atoms with Crippen LogP contribution in [0.3, 0.4) is 0 Å². The van der Waals surface area contributed by atoms with Gasteiger partial charge in [-0.15, -0.1) is 0 Å². The normalized spacial score (nSPS) is 14.9. The fraction of sp³-hybridized carbons (Fsp3) is 0.417. The first kappa shape index (κ1) is 24.3. The maximum absolute atomic E-state index is 13.2. The molecule has 0 aliphatic heterocycles. The van der Waals surface area contributed by atoms with Gasteiger partial charge >= 0.3 is 6.09 Å². The predicted octanol–water partition coefficient (Wildman–Crippen LogP) is 3.60. The van der Waals surface area contributed by atoms with Crippen molar-refractivity contribution in [3.05, 3.63) is 64.9 Å². The minimum Gasteiger partial charge on any atom is -0.489 e. The van der Waals surface area contributed by atoms with E-state index in [0.29, 0.717) is 22.7 Å². The molecule has 178 valence electrons. The summed E-state index contributed by atoms with van der Waals surface area (Å²) in [6.07, 6.45) is 5.32. The molecule has 33 heavy (non-hydrogen) atoms. The fourth-order valence-corrected chi connectivity index (χ4v) is 3.73. The summed E-state index contributed by atoms with van der Waals surface area (Å²) in [7, 11) is 1.62. The third-order valence-electron chi connectivity index (χ3n) is 5.55. The van der Waals surface area contributed by atoms with Crippen LogP contribution in [0.4, 0.5) is 9.18 Å². The Morgan fingerprint density at radius 2 is 2.00 bits per heavy atom. The summed E-state index contributed by atoms with van der Waals surface area (Å²) < 4.78 is 24.5. The Hall–Kier alpha value is -3.33. The smallest absolute Gasteiger partial charge is 0.407 e. The Kier molecular flexibility index (Phi) is 8.48. The molecule has 0 spiro atoms. The lowest BCUT2D eigenvalue weighted by atomic mass is 9.98. The van der Waals surface area contributed by atoms with E-state index in [0.717, 1.165) is 24.3 Å². The predicted molar refractivity (Wildman–Crippen MR) is 124 cm³/mol. The molecule has 0 bridgehead atoms. The number of rotatable bonds is 8. The number of pyridine rings is 1. The second-order valence-corrected chi connectivity index (χ2v) is 8.19. The van der Waals surface area contributed by atoms with E-state index in [1.165, 1.54) is 36.4 Å². The van der Waals surface area contributed by atoms with Crippen molar-refractivity contribution < 1.29 is 18.7 Å². The maximum atomic E-state index is 13.2. The molecule has 8 nitrogen and oxygen atoms in total. The number of likely N-dealkylation sites (N-methyl/N-ethyl adjacent to an activating group) is 1. The van der Waals surface area contributed by atoms with Gasteiger partial charge < -0.3 is 25.5 Å². The number of halogens is 1. The van der Waals surface area contributed by atoms with Gasteiger partial charge in [0.2, 0.25) is 0 Å². The highest BCUT2D eigenvalue weighted by atomic mass is 19.1. The van der Waals surface area contributed by atoms with Crippen molar-refractivity contribution in [1.29, 1.82) is 0 Å². The van der Waals surface area contributed by atoms with Crippen LogP contribution in [0.15, 0.2) is 42.1 Å². The van der Waals surface area contributed by atoms with E-state index < -0.39 is 11.9 Å². The molecule has 1 aromatic carbocycles. The van der Waals surface area contributed by atoms with Crippen LogP contribution in [0.1, 0.15) is 49.1 Å². The van der Waals surface area contributed by atoms with E-state index in [2.05, 4.69) is 10.3 Å². The number of carbonyl (C=O) groups excluding carboxylic acids is 1. The third-order valence-corrected chi connectivity index (χ3v) is 5.55. The second-order valence-electron chi connectivity index (χ2n) is 8.19. The van der Waals surface area contributed by atoms with Crippen molar-refractivity contribution >= 4 is 11.8 Å². The van der Waals surface area contributed by atoms with Gasteiger partial charge in [-0.3, -0.25) is 0 Å². The lowest BCUT2D eigenvalue weighted by Crippen LogP contribution is -2.36. The number of amides is 1. The van der Waals surface area contributed by atoms with Gasteiger partial charge in [0.1, 0.15) is 18.2 Å². The van der Waals surface area contributed by atoms with E-state index in [-0.39, 0.29) is 19.3 Å². The number of hydrogen-bond donors (Lipinski definition) is 3. The van der Waals surface area contributed by atoms with Gasteiger partial charge in [0, 0.05) is 7.05 Å². The molecule has 1 fully saturated rings. The number of aromatic nitrogens is 1. The van der Waals surface area contributed by atoms with Gasteiger partial charge in [0.05, 0.1) is 35.4 Å². The molecule has 1 heterocycles. The van der Waals surface area contributed by atoms with Crippen molar-refractivity contribution in [2.24, 2.45) is 11.6 Å². The minimum atomic E-state index is -0.674. The summed E-state index contributed by atoms with van der Waals surface area (Å²) >= 11 is 0. The summed E-state index contributed by atoms with van der Waals surface area (Å²) in [6, 6.07) is 9.51. The maximum Gasteiger partial charge on any atom is 0.407 e. The number of hydrogen-bond acceptors (Lipinski definition) is 7. The fourth-order valence-electron chi connectivity index (χ4n) is 3.73. The summed E-state index contributed by atoms with van der Waals surface area (Å²) in [5.74, 6) is 6.30. The summed E-state index contributed by atoms with van der Waals surface area (Å²) in [5.41, 5.74) is 8.95. The Balaban J connectivity index is 1.62. The van der Waals surface area contributed by atoms with Crippen LogP contribution in [-0.4, -0.2) is 35.8 Å². The number of aryl methyl sites for hydroxylation is 1. The molecule has 0 saturated heterocycles. The number of nitrogens with one attached hydrogen (secondary N) is 1. The Morgan fingerprint density at radius 1 is 1.24 bits per heavy atom. The topological polar surface area (TPSA) is 116 Å². The molecule has 0 atom stereocenters. The van der Waals surface area contributed by atoms with E-state index >= 15 is 0 Å². The van der Waals surface area contributed by atoms with Crippen LogP contribution in [-0.2, 0) is 11.3 Å². The molecule has 0 unspecified atom stereocenters. The number of alkyl carbamates (subject to hydrolysis) is 1. The second kappa shape index (κ2) is 11.5. The van der Waals surface area contributed by atoms with Gasteiger partial charge in [0.25, 0.3) is 0 Å². The standard InChI is InChI=1S/C24H32FN5O3/c1-16-22(33-19-9-4-3-5-10-19)12-11-20(29-16)23(26)21(30(2)27)14-28-24(31)32-15-17-7-6-8-18(25)13-17/h6-8,11-13,19H,3-5,9-10,14-15,26-27H2,1-2H3,(H,28,31)/b23-21-. The van der Waals surface area contributed by atoms with Gasteiger partial charge in [-0.25, -0.2) is 20.0 Å². The highest BCUT2D eigenvalue weighted by molar-refractivity contribution is 5.69. The number of nitrogens with zero attached hydrogens (tertiary/aromatic N) is 2. The monoisotopic (exact) mass is 457 g/mol. The number of nitrogens with two attached hydrogens (primary N) is 2. The first-order chi connectivity index (χ1) is 15.8. The van der Waals surface area contributed by atoms with Crippen molar-refractivity contribution in [1.82, 2.24) is 15.3 Å². The molecule has 1 amide bonds. The molecule has 1 saturated carbocycles. The van der Waals surface area contributed by atoms with Gasteiger partial charge in [-0.2, -0.15) is 0 Å². The molecule has 3 rings (SSSR count). The zero-order valence-electron chi connectivity index (χ0n) is 19.1. The van der Waals surface area contributed by atoms with Crippen molar-refractivity contribution in [3.63, 3.8) is 0 Å². The highest BCUT2D eigenvalue weighted by Gasteiger charge is 2.18. The average Bonchev–Trinajstić information content (AvgIpc) is 2.79. The zero-order chi connectivity index (χ0) is 23.8. The van der Waals surface area contributed by atoms with Crippen molar-refractivity contribution in [3.8, 4) is 5.75 Å². The van der Waals surface area contributed by atoms with Crippen molar-refractivity contribution in [2.45, 2.75) is 51.7 Å². The lowest BCUT2D eigenvalue weighted by molar-refractivity contribution is 0.139. The summed E-state index contributed by atoms with van der Waals surface area (Å²) in [6.45, 7) is 1.85. The summed E-state index contributed by atoms with van der Waals surface area (Å²) in [4.78, 5) is 16.7. The Morgan fingerprint density at radius 3 is 2.67 bits per heavy atom. The van der Waals surface area contributed by atoms with Crippen LogP contribution < -0.4 is 21.6 Å². The SMILES string of the molecule is Cc1nc(/C(N)=C(\CNC(=O)OCc2cccc(F)c2)N(C)N)ccc1OC1CCCCC1. The molecule has 2 aromatic rings. The average molecular weight is 458 g/mol. The number of benzene rings is 1. The van der Waals surface area contributed by atoms with Gasteiger partial charge in [0.15, 0.2) is 0 Å². The molecule has 1 aromatic heterocycles. The van der Waals surface area contributed by atoms with Crippen LogP contribution in [0.25, 0.3) is 5.70 Å². The molecule has 0 radical (unpaired) electrons. The first-order valence-corrected chi connectivity index (χ1v) is 11.1. The molecule has 5 N–H and O–H groups in total. The lowest BCUT2D eigenvalue weighted by Gasteiger charge is -2.24. The van der Waals surface area contributed by atoms with Crippen LogP contribution >= 0.6 is 0 Å². The van der Waals surface area contributed by atoms with Gasteiger partial charge in [-0.1, -0.05) is 18.6 Å². The van der Waals surface area contributed by atoms with E-state index in [9.17, 15) is 9.18 Å². The minimum absolute atomic E-state index is 0.0296. The molecule has 1 aliphatic rings. The first-order valence-electron chi connectivity index (χ1n) is 11.1. The van der Waals surface area contributed by atoms with Crippen LogP contribution in [0.2, 0.25) is 0 Å². The Bertz CT molecular complexity index is 990. The van der Waals surface area contributed by atoms with Crippen LogP contribution in [0.5, 0.6) is 5.75 Å². The molecular weight excluding hydrogens is 425 g/mol. The molecule has 9 heteroatoms. The number of carbonyl (C=O) groups is 1. The van der Waals surface area contributed by atoms with Crippen molar-refractivity contribution in [2.75, 3.05) is 13.6 Å². The third kappa shape index (κ3) is 7.08. The Labute approximate surface area is 193 Å². The molecule has 1 aliphatic carbocycles. The molecular formula is C24H32FN5O3. The number of hydrazine groups is 1. The van der Waals surface area contributed by atoms with E-state index in [1.54, 1.807) is 25.2 Å². The quantitative estimate of drug-likeness (QED) is 0.410. The largest absolute Gasteiger partial charge is 0.489 e. The van der Waals surface area contributed by atoms with E-state index in [1.807, 2.05) is 13.0 Å². The highest BCUT2D eigenvalue weighted by Crippen LogP contribution is 2.26. The number of ether oxygens (including phenoxy) is 2. The van der Waals surface area contributed by atoms with Gasteiger partial charge in [-0.05, 0) is 62.4 Å². The summed E-state index contributed by atoms with van der Waals surface area (Å²) in [5, 5.41) is 3.94. The zero-order valence-corrected chi connectivity index (χ0v) is 19.1. The van der Waals surface area contributed by atoms with E-state index in [4.69, 9.17) is 21.1 Å². The van der Waals surface area contributed by atoms with Crippen LogP contribution in [0, 0.1) is 12.7 Å².